The lowest BCUT2D eigenvalue weighted by atomic mass is 9.43. The summed E-state index contributed by atoms with van der Waals surface area (Å²) >= 11 is 0. The molecule has 12 aliphatic rings. The van der Waals surface area contributed by atoms with Crippen molar-refractivity contribution in [2.75, 3.05) is 59.0 Å². The third-order valence-corrected chi connectivity index (χ3v) is 24.3. The molecule has 19 nitrogen and oxygen atoms in total. The van der Waals surface area contributed by atoms with Gasteiger partial charge in [-0.2, -0.15) is 0 Å². The van der Waals surface area contributed by atoms with Gasteiger partial charge in [-0.3, -0.25) is 19.4 Å². The Hall–Kier alpha value is -6.08. The monoisotopic (exact) mass is 1380 g/mol. The molecule has 14 rings (SSSR count). The van der Waals surface area contributed by atoms with E-state index in [4.69, 9.17) is 41.2 Å². The zero-order valence-electron chi connectivity index (χ0n) is 60.2. The third kappa shape index (κ3) is 16.7. The molecule has 0 unspecified atom stereocenters. The molecule has 540 valence electrons. The molecule has 25 heteroatoms. The number of hydrogen-bond donors (Lipinski definition) is 2. The number of alkyl carbamates (subject to hydrolysis) is 2. The minimum atomic E-state index is -2.79. The summed E-state index contributed by atoms with van der Waals surface area (Å²) in [5.41, 5.74) is 2.30. The summed E-state index contributed by atoms with van der Waals surface area (Å²) in [6.45, 7) is 40.0. The van der Waals surface area contributed by atoms with E-state index in [1.54, 1.807) is 42.4 Å². The van der Waals surface area contributed by atoms with Gasteiger partial charge in [-0.25, -0.2) is 38.6 Å². The summed E-state index contributed by atoms with van der Waals surface area (Å²) in [5, 5.41) is 6.09. The van der Waals surface area contributed by atoms with E-state index in [0.717, 1.165) is 74.5 Å². The zero-order valence-corrected chi connectivity index (χ0v) is 60.2. The molecule has 12 atom stereocenters. The van der Waals surface area contributed by atoms with Crippen LogP contribution in [0.25, 0.3) is 9.69 Å². The first-order valence-corrected chi connectivity index (χ1v) is 35.9. The molecule has 2 aromatic rings. The topological polar surface area (TPSA) is 186 Å². The molecule has 4 bridgehead atoms. The van der Waals surface area contributed by atoms with Crippen LogP contribution in [0.1, 0.15) is 169 Å². The predicted octanol–water partition coefficient (Wildman–Crippen LogP) is 11.7. The van der Waals surface area contributed by atoms with Gasteiger partial charge in [0.05, 0.1) is 72.6 Å². The quantitative estimate of drug-likeness (QED) is 0.0472. The number of likely N-dealkylation sites (tertiary alicyclic amines) is 4. The average molecular weight is 1380 g/mol. The van der Waals surface area contributed by atoms with Gasteiger partial charge in [-0.1, -0.05) is 93.4 Å². The summed E-state index contributed by atoms with van der Waals surface area (Å²) in [6, 6.07) is 15.8. The standard InChI is InChI=1S/C37H51BF2N4O5.C29H40BN3O5.C8H13F2NO/c1-24-11-13-25(14-12-24)18-31(38-48-30-20-26-19-29(35(26,4)5)36(30,6)49-38)42-33(46)47-22-27-10-8-9-16-44(27)32(45)28(41-7)21-34(2,3)43-17-15-37(39,40)23-43;1-19-9-11-20(12-10-19)14-25(30-37-24-16-21-15-23(28(21,2)3)29(24,4)38-30)32-27(35)36-18-22-8-6-7-13-33(22)26(34)17-31-5;1-7(2,6-12)11-4-3-8(9,10)5-11/h11-14,21,26-27,29-31H,8-10,15-20,22-23H2,1-6H3,(H,42,46);9-12,21-25H,6-8,13-18H2,1-4H3,(H,32,35);6H,3-5H2,1-2H3/t26-,27+,29-,30+,31-,36-;21-,22+,23-,24+,25-,29-;/m00./s1. The van der Waals surface area contributed by atoms with Gasteiger partial charge >= 0.3 is 32.3 Å². The number of amides is 4. The van der Waals surface area contributed by atoms with Crippen LogP contribution in [0, 0.1) is 61.5 Å². The first kappa shape index (κ1) is 75.6. The SMILES string of the molecule is CC(C)(C=O)N1CCC(F)(F)C1.[C-]#[N+]C(=CC(C)(C)N1CCC(F)(F)C1)C(=O)N1CCCC[C@@H]1COC(=O)N[C@@H](Cc1ccc(C)cc1)B1O[C@@H]2C[C@@H]3C[C@@H](C3(C)C)[C@]2(C)O1.[C-]#[N+]CC(=O)N1CCCC[C@@H]1COC(=O)N[C@@H](Cc1ccc(C)cc1)B1O[C@@H]2C[C@@H]3C[C@@H](C3(C)C)[C@]2(C)O1. The fourth-order valence-corrected chi connectivity index (χ4v) is 17.6. The first-order valence-electron chi connectivity index (χ1n) is 35.9. The molecule has 2 aromatic carbocycles. The van der Waals surface area contributed by atoms with E-state index < -0.39 is 85.3 Å². The maximum atomic E-state index is 14.0. The number of rotatable bonds is 18. The van der Waals surface area contributed by atoms with Crippen molar-refractivity contribution in [3.05, 3.63) is 105 Å². The number of piperidine rings is 2. The van der Waals surface area contributed by atoms with Gasteiger partial charge in [0, 0.05) is 44.6 Å². The van der Waals surface area contributed by atoms with Crippen molar-refractivity contribution in [2.45, 2.75) is 243 Å². The van der Waals surface area contributed by atoms with Crippen molar-refractivity contribution < 1.29 is 69.6 Å². The molecule has 6 saturated heterocycles. The summed E-state index contributed by atoms with van der Waals surface area (Å²) in [4.78, 5) is 76.3. The van der Waals surface area contributed by atoms with Crippen LogP contribution in [0.5, 0.6) is 0 Å². The number of nitrogens with one attached hydrogen (secondary N) is 2. The largest absolute Gasteiger partial charge is 0.482 e. The number of aldehydes is 1. The van der Waals surface area contributed by atoms with Crippen LogP contribution in [0.2, 0.25) is 0 Å². The Bertz CT molecular complexity index is 3370. The molecule has 4 amide bonds. The lowest BCUT2D eigenvalue weighted by molar-refractivity contribution is -0.199. The fourth-order valence-electron chi connectivity index (χ4n) is 17.6. The molecule has 6 heterocycles. The van der Waals surface area contributed by atoms with Crippen LogP contribution in [0.15, 0.2) is 60.3 Å². The molecule has 0 aromatic heterocycles. The van der Waals surface area contributed by atoms with Crippen molar-refractivity contribution in [1.82, 2.24) is 30.2 Å². The average Bonchev–Trinajstić information content (AvgIpc) is 1.68. The number of aryl methyl sites for hydroxylation is 2. The number of ether oxygens (including phenoxy) is 2. The summed E-state index contributed by atoms with van der Waals surface area (Å²) in [7, 11) is -1.21. The van der Waals surface area contributed by atoms with Crippen LogP contribution >= 0.6 is 0 Å². The van der Waals surface area contributed by atoms with Gasteiger partial charge in [0.25, 0.3) is 24.3 Å². The second-order valence-electron chi connectivity index (χ2n) is 32.6. The van der Waals surface area contributed by atoms with Crippen molar-refractivity contribution in [2.24, 2.45) is 34.5 Å². The second-order valence-corrected chi connectivity index (χ2v) is 32.6. The summed E-state index contributed by atoms with van der Waals surface area (Å²) in [6.07, 6.45) is 10.8. The van der Waals surface area contributed by atoms with E-state index in [2.05, 4.69) is 93.1 Å². The highest BCUT2D eigenvalue weighted by Crippen LogP contribution is 2.67. The number of hydrogen-bond acceptors (Lipinski definition) is 13. The Kier molecular flexibility index (Phi) is 22.7. The zero-order chi connectivity index (χ0) is 71.8. The van der Waals surface area contributed by atoms with E-state index >= 15 is 0 Å². The second kappa shape index (κ2) is 29.7. The van der Waals surface area contributed by atoms with E-state index in [0.29, 0.717) is 68.9 Å². The Morgan fingerprint density at radius 3 is 1.45 bits per heavy atom. The maximum absolute atomic E-state index is 14.0. The van der Waals surface area contributed by atoms with Gasteiger partial charge < -0.3 is 58.2 Å². The number of alkyl halides is 4. The summed E-state index contributed by atoms with van der Waals surface area (Å²) < 4.78 is 91.3. The van der Waals surface area contributed by atoms with Gasteiger partial charge in [0.2, 0.25) is 5.70 Å². The van der Waals surface area contributed by atoms with Crippen molar-refractivity contribution in [3.8, 4) is 0 Å². The van der Waals surface area contributed by atoms with Crippen molar-refractivity contribution in [3.63, 3.8) is 0 Å². The minimum Gasteiger partial charge on any atom is -0.447 e. The molecule has 0 spiro atoms. The van der Waals surface area contributed by atoms with E-state index in [1.165, 1.54) is 16.5 Å². The number of carbonyl (C=O) groups is 5. The molecule has 2 N–H and O–H groups in total. The number of halogens is 4. The highest BCUT2D eigenvalue weighted by Gasteiger charge is 2.70. The Labute approximate surface area is 584 Å². The van der Waals surface area contributed by atoms with Crippen LogP contribution < -0.4 is 10.6 Å². The molecule has 12 fully saturated rings. The maximum Gasteiger partial charge on any atom is 0.482 e. The van der Waals surface area contributed by atoms with E-state index in [1.807, 2.05) is 31.2 Å². The molecular formula is C74H104B2F4N8O11. The first-order chi connectivity index (χ1) is 46.5. The Morgan fingerprint density at radius 1 is 0.636 bits per heavy atom. The minimum absolute atomic E-state index is 0.0203. The van der Waals surface area contributed by atoms with Gasteiger partial charge in [0.1, 0.15) is 19.5 Å². The van der Waals surface area contributed by atoms with Crippen LogP contribution in [0.3, 0.4) is 0 Å². The molecule has 6 aliphatic heterocycles. The Morgan fingerprint density at radius 2 is 1.06 bits per heavy atom. The highest BCUT2D eigenvalue weighted by atomic mass is 19.3. The molecule has 6 aliphatic carbocycles. The van der Waals surface area contributed by atoms with Gasteiger partial charge in [-0.05, 0) is 178 Å². The lowest BCUT2D eigenvalue weighted by Gasteiger charge is -2.64. The number of benzene rings is 2. The normalized spacial score (nSPS) is 30.7. The lowest BCUT2D eigenvalue weighted by Crippen LogP contribution is -2.65. The van der Waals surface area contributed by atoms with Gasteiger partial charge in [-0.15, -0.1) is 0 Å². The van der Waals surface area contributed by atoms with Crippen LogP contribution in [-0.4, -0.2) is 193 Å². The van der Waals surface area contributed by atoms with E-state index in [-0.39, 0.29) is 92.0 Å². The molecular weight excluding hydrogens is 1270 g/mol. The van der Waals surface area contributed by atoms with Crippen molar-refractivity contribution in [1.29, 1.82) is 0 Å². The third-order valence-electron chi connectivity index (χ3n) is 24.3. The van der Waals surface area contributed by atoms with Crippen molar-refractivity contribution >= 4 is 44.5 Å². The number of nitrogens with zero attached hydrogens (tertiary/aromatic N) is 6. The van der Waals surface area contributed by atoms with Gasteiger partial charge in [0.15, 0.2) is 0 Å². The predicted molar refractivity (Wildman–Crippen MR) is 368 cm³/mol. The van der Waals surface area contributed by atoms with Crippen LogP contribution in [0.4, 0.5) is 27.2 Å². The smallest absolute Gasteiger partial charge is 0.447 e. The molecule has 6 saturated carbocycles. The number of carbonyl (C=O) groups excluding carboxylic acids is 5. The van der Waals surface area contributed by atoms with E-state index in [9.17, 15) is 41.5 Å². The summed E-state index contributed by atoms with van der Waals surface area (Å²) in [5.74, 6) is -4.93. The fraction of sp³-hybridized carbons (Fsp3) is 0.716. The molecule has 99 heavy (non-hydrogen) atoms. The molecule has 0 radical (unpaired) electrons. The Balaban J connectivity index is 0.000000187. The highest BCUT2D eigenvalue weighted by molar-refractivity contribution is 6.48. The van der Waals surface area contributed by atoms with Crippen LogP contribution in [-0.2, 0) is 55.3 Å².